The molecule has 0 bridgehead atoms. The maximum absolute atomic E-state index is 5.99. The first-order valence-corrected chi connectivity index (χ1v) is 7.57. The number of ether oxygens (including phenoxy) is 1. The molecule has 0 radical (unpaired) electrons. The van der Waals surface area contributed by atoms with E-state index in [1.807, 2.05) is 18.2 Å². The van der Waals surface area contributed by atoms with Gasteiger partial charge in [-0.1, -0.05) is 11.6 Å². The fraction of sp³-hybridized carbons (Fsp3) is 0.600. The van der Waals surface area contributed by atoms with Crippen LogP contribution in [0.4, 0.5) is 0 Å². The molecular weight excluding hydrogens is 260 g/mol. The molecule has 1 aromatic rings. The summed E-state index contributed by atoms with van der Waals surface area (Å²) < 4.78 is 5.90. The van der Waals surface area contributed by atoms with Gasteiger partial charge in [0.1, 0.15) is 11.9 Å². The van der Waals surface area contributed by atoms with Crippen LogP contribution < -0.4 is 10.1 Å². The molecule has 1 aromatic carbocycles. The minimum absolute atomic E-state index is 0.257. The molecule has 2 aliphatic rings. The van der Waals surface area contributed by atoms with E-state index in [1.165, 1.54) is 31.5 Å². The van der Waals surface area contributed by atoms with Crippen molar-refractivity contribution in [2.24, 2.45) is 0 Å². The summed E-state index contributed by atoms with van der Waals surface area (Å²) in [5.74, 6) is 0.996. The van der Waals surface area contributed by atoms with Crippen LogP contribution in [-0.4, -0.2) is 43.7 Å². The largest absolute Gasteiger partial charge is 0.488 e. The van der Waals surface area contributed by atoms with Gasteiger partial charge in [-0.15, -0.1) is 0 Å². The van der Waals surface area contributed by atoms with Crippen molar-refractivity contribution in [3.8, 4) is 5.75 Å². The summed E-state index contributed by atoms with van der Waals surface area (Å²) in [5.41, 5.74) is 1.24. The number of halogens is 1. The summed E-state index contributed by atoms with van der Waals surface area (Å²) in [7, 11) is 0. The lowest BCUT2D eigenvalue weighted by molar-refractivity contribution is 0.224. The van der Waals surface area contributed by atoms with Crippen LogP contribution in [0, 0.1) is 0 Å². The zero-order valence-corrected chi connectivity index (χ0v) is 12.0. The zero-order chi connectivity index (χ0) is 13.1. The molecule has 0 spiro atoms. The molecule has 1 fully saturated rings. The van der Waals surface area contributed by atoms with Gasteiger partial charge in [0, 0.05) is 31.1 Å². The Kier molecular flexibility index (Phi) is 4.26. The van der Waals surface area contributed by atoms with Crippen molar-refractivity contribution in [1.29, 1.82) is 0 Å². The van der Waals surface area contributed by atoms with E-state index < -0.39 is 0 Å². The SMILES string of the molecule is Clc1ccc2c(c1)CC(CNCCN1CCCC1)O2. The minimum Gasteiger partial charge on any atom is -0.488 e. The first-order chi connectivity index (χ1) is 9.31. The van der Waals surface area contributed by atoms with Gasteiger partial charge in [0.05, 0.1) is 0 Å². The second-order valence-corrected chi connectivity index (χ2v) is 5.89. The highest BCUT2D eigenvalue weighted by molar-refractivity contribution is 6.30. The predicted molar refractivity (Wildman–Crippen MR) is 78.1 cm³/mol. The average Bonchev–Trinajstić information content (AvgIpc) is 3.02. The average molecular weight is 281 g/mol. The summed E-state index contributed by atoms with van der Waals surface area (Å²) in [6.07, 6.45) is 3.95. The number of fused-ring (bicyclic) bond motifs is 1. The predicted octanol–water partition coefficient (Wildman–Crippen LogP) is 2.33. The number of nitrogens with one attached hydrogen (secondary N) is 1. The van der Waals surface area contributed by atoms with E-state index >= 15 is 0 Å². The lowest BCUT2D eigenvalue weighted by Crippen LogP contribution is -2.35. The summed E-state index contributed by atoms with van der Waals surface area (Å²) in [5, 5.41) is 4.30. The number of hydrogen-bond donors (Lipinski definition) is 1. The van der Waals surface area contributed by atoms with Gasteiger partial charge in [-0.25, -0.2) is 0 Å². The third-order valence-electron chi connectivity index (χ3n) is 3.94. The molecule has 3 rings (SSSR count). The molecule has 3 nitrogen and oxygen atoms in total. The Morgan fingerprint density at radius 3 is 3.00 bits per heavy atom. The van der Waals surface area contributed by atoms with Gasteiger partial charge >= 0.3 is 0 Å². The van der Waals surface area contributed by atoms with Crippen LogP contribution in [0.25, 0.3) is 0 Å². The smallest absolute Gasteiger partial charge is 0.123 e. The van der Waals surface area contributed by atoms with Gasteiger partial charge < -0.3 is 15.0 Å². The molecule has 19 heavy (non-hydrogen) atoms. The minimum atomic E-state index is 0.257. The zero-order valence-electron chi connectivity index (χ0n) is 11.2. The highest BCUT2D eigenvalue weighted by atomic mass is 35.5. The third kappa shape index (κ3) is 3.41. The third-order valence-corrected chi connectivity index (χ3v) is 4.17. The van der Waals surface area contributed by atoms with Crippen molar-refractivity contribution in [3.63, 3.8) is 0 Å². The summed E-state index contributed by atoms with van der Waals surface area (Å²) in [4.78, 5) is 2.52. The Balaban J connectivity index is 1.38. The van der Waals surface area contributed by atoms with Crippen molar-refractivity contribution in [3.05, 3.63) is 28.8 Å². The number of benzene rings is 1. The maximum atomic E-state index is 5.99. The summed E-state index contributed by atoms with van der Waals surface area (Å²) >= 11 is 5.99. The normalized spacial score (nSPS) is 22.5. The number of rotatable bonds is 5. The van der Waals surface area contributed by atoms with Crippen LogP contribution in [-0.2, 0) is 6.42 Å². The Labute approximate surface area is 119 Å². The van der Waals surface area contributed by atoms with Gasteiger partial charge in [-0.2, -0.15) is 0 Å². The summed E-state index contributed by atoms with van der Waals surface area (Å²) in [6, 6.07) is 5.88. The van der Waals surface area contributed by atoms with E-state index in [0.29, 0.717) is 0 Å². The monoisotopic (exact) mass is 280 g/mol. The molecule has 0 aromatic heterocycles. The molecule has 1 N–H and O–H groups in total. The molecule has 0 aliphatic carbocycles. The molecule has 1 saturated heterocycles. The fourth-order valence-electron chi connectivity index (χ4n) is 2.91. The molecule has 4 heteroatoms. The number of likely N-dealkylation sites (tertiary alicyclic amines) is 1. The van der Waals surface area contributed by atoms with E-state index in [0.717, 1.165) is 36.8 Å². The Morgan fingerprint density at radius 2 is 2.16 bits per heavy atom. The fourth-order valence-corrected chi connectivity index (χ4v) is 3.10. The van der Waals surface area contributed by atoms with Crippen LogP contribution in [0.3, 0.4) is 0 Å². The van der Waals surface area contributed by atoms with E-state index in [2.05, 4.69) is 10.2 Å². The van der Waals surface area contributed by atoms with Gasteiger partial charge in [0.25, 0.3) is 0 Å². The van der Waals surface area contributed by atoms with Crippen molar-refractivity contribution in [1.82, 2.24) is 10.2 Å². The highest BCUT2D eigenvalue weighted by Gasteiger charge is 2.22. The van der Waals surface area contributed by atoms with E-state index in [1.54, 1.807) is 0 Å². The van der Waals surface area contributed by atoms with Gasteiger partial charge in [-0.05, 0) is 49.7 Å². The van der Waals surface area contributed by atoms with Crippen molar-refractivity contribution < 1.29 is 4.74 Å². The van der Waals surface area contributed by atoms with Crippen molar-refractivity contribution >= 4 is 11.6 Å². The summed E-state index contributed by atoms with van der Waals surface area (Å²) in [6.45, 7) is 5.67. The molecule has 2 aliphatic heterocycles. The highest BCUT2D eigenvalue weighted by Crippen LogP contribution is 2.30. The number of hydrogen-bond acceptors (Lipinski definition) is 3. The molecule has 2 heterocycles. The lowest BCUT2D eigenvalue weighted by atomic mass is 10.1. The second-order valence-electron chi connectivity index (χ2n) is 5.45. The van der Waals surface area contributed by atoms with Crippen LogP contribution in [0.5, 0.6) is 5.75 Å². The van der Waals surface area contributed by atoms with Gasteiger partial charge in [-0.3, -0.25) is 0 Å². The van der Waals surface area contributed by atoms with Crippen molar-refractivity contribution in [2.75, 3.05) is 32.7 Å². The molecular formula is C15H21ClN2O. The van der Waals surface area contributed by atoms with E-state index in [-0.39, 0.29) is 6.10 Å². The molecule has 1 atom stereocenters. The molecule has 1 unspecified atom stereocenters. The van der Waals surface area contributed by atoms with E-state index in [9.17, 15) is 0 Å². The van der Waals surface area contributed by atoms with Crippen molar-refractivity contribution in [2.45, 2.75) is 25.4 Å². The molecule has 104 valence electrons. The van der Waals surface area contributed by atoms with Gasteiger partial charge in [0.15, 0.2) is 0 Å². The molecule has 0 saturated carbocycles. The Hall–Kier alpha value is -0.770. The van der Waals surface area contributed by atoms with Crippen LogP contribution >= 0.6 is 11.6 Å². The maximum Gasteiger partial charge on any atom is 0.123 e. The number of nitrogens with zero attached hydrogens (tertiary/aromatic N) is 1. The van der Waals surface area contributed by atoms with Crippen LogP contribution in [0.1, 0.15) is 18.4 Å². The first-order valence-electron chi connectivity index (χ1n) is 7.19. The quantitative estimate of drug-likeness (QED) is 0.838. The van der Waals surface area contributed by atoms with E-state index in [4.69, 9.17) is 16.3 Å². The second kappa shape index (κ2) is 6.12. The molecule has 0 amide bonds. The lowest BCUT2D eigenvalue weighted by Gasteiger charge is -2.16. The topological polar surface area (TPSA) is 24.5 Å². The van der Waals surface area contributed by atoms with Crippen LogP contribution in [0.15, 0.2) is 18.2 Å². The first kappa shape index (κ1) is 13.2. The standard InChI is InChI=1S/C15H21ClN2O/c16-13-3-4-15-12(9-13)10-14(19-15)11-17-5-8-18-6-1-2-7-18/h3-4,9,14,17H,1-2,5-8,10-11H2. The van der Waals surface area contributed by atoms with Gasteiger partial charge in [0.2, 0.25) is 0 Å². The van der Waals surface area contributed by atoms with Crippen LogP contribution in [0.2, 0.25) is 5.02 Å². The Bertz CT molecular complexity index is 432. The Morgan fingerprint density at radius 1 is 1.32 bits per heavy atom.